The molecule has 2 amide bonds. The summed E-state index contributed by atoms with van der Waals surface area (Å²) in [5.41, 5.74) is 6.30. The fraction of sp³-hybridized carbons (Fsp3) is 0.500. The predicted octanol–water partition coefficient (Wildman–Crippen LogP) is 2.01. The molecule has 120 valence electrons. The number of nitrogens with two attached hydrogens (primary N) is 1. The lowest BCUT2D eigenvalue weighted by Crippen LogP contribution is -2.45. The van der Waals surface area contributed by atoms with Crippen molar-refractivity contribution in [1.82, 2.24) is 4.90 Å². The highest BCUT2D eigenvalue weighted by molar-refractivity contribution is 6.31. The Morgan fingerprint density at radius 2 is 2.23 bits per heavy atom. The Labute approximate surface area is 135 Å². The number of carbonyl (C=O) groups excluding carboxylic acids is 2. The number of piperidine rings is 1. The number of ether oxygens (including phenoxy) is 1. The summed E-state index contributed by atoms with van der Waals surface area (Å²) in [5.74, 6) is -0.0966. The van der Waals surface area contributed by atoms with Crippen LogP contribution in [0.1, 0.15) is 25.3 Å². The van der Waals surface area contributed by atoms with Crippen molar-refractivity contribution in [2.24, 2.45) is 11.7 Å². The zero-order valence-corrected chi connectivity index (χ0v) is 13.4. The average Bonchev–Trinajstić information content (AvgIpc) is 2.53. The first-order chi connectivity index (χ1) is 10.5. The molecule has 0 aromatic heterocycles. The highest BCUT2D eigenvalue weighted by Crippen LogP contribution is 2.23. The molecular weight excluding hydrogens is 304 g/mol. The molecule has 1 aromatic rings. The van der Waals surface area contributed by atoms with Gasteiger partial charge in [0.05, 0.1) is 5.92 Å². The number of rotatable bonds is 5. The maximum atomic E-state index is 12.2. The van der Waals surface area contributed by atoms with Gasteiger partial charge in [0.15, 0.2) is 6.61 Å². The van der Waals surface area contributed by atoms with Crippen molar-refractivity contribution in [2.75, 3.05) is 19.7 Å². The van der Waals surface area contributed by atoms with Gasteiger partial charge < -0.3 is 15.4 Å². The zero-order valence-electron chi connectivity index (χ0n) is 12.7. The minimum atomic E-state index is -0.344. The Hall–Kier alpha value is -1.75. The zero-order chi connectivity index (χ0) is 16.1. The molecule has 1 saturated heterocycles. The second-order valence-corrected chi connectivity index (χ2v) is 5.88. The molecule has 1 fully saturated rings. The summed E-state index contributed by atoms with van der Waals surface area (Å²) in [6.45, 7) is 3.00. The van der Waals surface area contributed by atoms with Gasteiger partial charge in [0.2, 0.25) is 5.91 Å². The van der Waals surface area contributed by atoms with Crippen LogP contribution in [-0.4, -0.2) is 36.4 Å². The van der Waals surface area contributed by atoms with Crippen molar-refractivity contribution in [3.63, 3.8) is 0 Å². The van der Waals surface area contributed by atoms with Crippen LogP contribution in [0.5, 0.6) is 5.75 Å². The van der Waals surface area contributed by atoms with Gasteiger partial charge in [-0.25, -0.2) is 0 Å². The normalized spacial score (nSPS) is 18.1. The average molecular weight is 325 g/mol. The third-order valence-corrected chi connectivity index (χ3v) is 4.31. The highest BCUT2D eigenvalue weighted by atomic mass is 35.5. The van der Waals surface area contributed by atoms with Gasteiger partial charge in [0, 0.05) is 18.1 Å². The molecule has 5 nitrogen and oxygen atoms in total. The Bertz CT molecular complexity index is 562. The van der Waals surface area contributed by atoms with Crippen LogP contribution in [0.4, 0.5) is 0 Å². The summed E-state index contributed by atoms with van der Waals surface area (Å²) in [6.07, 6.45) is 2.34. The second-order valence-electron chi connectivity index (χ2n) is 5.48. The lowest BCUT2D eigenvalue weighted by molar-refractivity contribution is -0.136. The van der Waals surface area contributed by atoms with Gasteiger partial charge in [0.25, 0.3) is 5.91 Å². The summed E-state index contributed by atoms with van der Waals surface area (Å²) >= 11 is 6.05. The van der Waals surface area contributed by atoms with E-state index in [1.165, 1.54) is 0 Å². The van der Waals surface area contributed by atoms with Crippen LogP contribution in [0.15, 0.2) is 18.2 Å². The third kappa shape index (κ3) is 4.13. The maximum absolute atomic E-state index is 12.2. The summed E-state index contributed by atoms with van der Waals surface area (Å²) in [7, 11) is 0. The van der Waals surface area contributed by atoms with Crippen LogP contribution in [0, 0.1) is 5.92 Å². The van der Waals surface area contributed by atoms with Gasteiger partial charge in [-0.3, -0.25) is 9.59 Å². The van der Waals surface area contributed by atoms with E-state index in [0.717, 1.165) is 24.8 Å². The first-order valence-electron chi connectivity index (χ1n) is 7.49. The van der Waals surface area contributed by atoms with Crippen LogP contribution < -0.4 is 10.5 Å². The molecule has 1 heterocycles. The van der Waals surface area contributed by atoms with Crippen LogP contribution in [0.25, 0.3) is 0 Å². The van der Waals surface area contributed by atoms with E-state index in [9.17, 15) is 9.59 Å². The summed E-state index contributed by atoms with van der Waals surface area (Å²) < 4.78 is 5.55. The molecule has 0 bridgehead atoms. The fourth-order valence-corrected chi connectivity index (χ4v) is 2.84. The largest absolute Gasteiger partial charge is 0.484 e. The molecular formula is C16H21ClN2O3. The van der Waals surface area contributed by atoms with E-state index in [1.54, 1.807) is 17.0 Å². The van der Waals surface area contributed by atoms with Gasteiger partial charge in [-0.2, -0.15) is 0 Å². The van der Waals surface area contributed by atoms with E-state index < -0.39 is 0 Å². The molecule has 1 aliphatic rings. The molecule has 6 heteroatoms. The number of benzene rings is 1. The van der Waals surface area contributed by atoms with Crippen LogP contribution in [-0.2, 0) is 16.0 Å². The third-order valence-electron chi connectivity index (χ3n) is 3.94. The number of primary amides is 1. The Morgan fingerprint density at radius 3 is 2.91 bits per heavy atom. The topological polar surface area (TPSA) is 72.6 Å². The first kappa shape index (κ1) is 16.6. The summed E-state index contributed by atoms with van der Waals surface area (Å²) in [6, 6.07) is 5.36. The summed E-state index contributed by atoms with van der Waals surface area (Å²) in [4.78, 5) is 25.1. The number of hydrogen-bond acceptors (Lipinski definition) is 3. The van der Waals surface area contributed by atoms with E-state index in [-0.39, 0.29) is 24.3 Å². The summed E-state index contributed by atoms with van der Waals surface area (Å²) in [5, 5.41) is 0.696. The molecule has 1 unspecified atom stereocenters. The number of carbonyl (C=O) groups is 2. The first-order valence-corrected chi connectivity index (χ1v) is 7.87. The van der Waals surface area contributed by atoms with E-state index in [1.807, 2.05) is 13.0 Å². The lowest BCUT2D eigenvalue weighted by atomic mass is 9.97. The highest BCUT2D eigenvalue weighted by Gasteiger charge is 2.27. The number of aryl methyl sites for hydroxylation is 1. The number of likely N-dealkylation sites (tertiary alicyclic amines) is 1. The molecule has 2 N–H and O–H groups in total. The number of nitrogens with zero attached hydrogens (tertiary/aromatic N) is 1. The van der Waals surface area contributed by atoms with Gasteiger partial charge in [-0.1, -0.05) is 18.5 Å². The van der Waals surface area contributed by atoms with Crippen LogP contribution >= 0.6 is 11.6 Å². The fourth-order valence-electron chi connectivity index (χ4n) is 2.58. The van der Waals surface area contributed by atoms with Crippen molar-refractivity contribution in [1.29, 1.82) is 0 Å². The number of amides is 2. The molecule has 0 spiro atoms. The lowest BCUT2D eigenvalue weighted by Gasteiger charge is -2.31. The quantitative estimate of drug-likeness (QED) is 0.900. The monoisotopic (exact) mass is 324 g/mol. The molecule has 1 aliphatic heterocycles. The van der Waals surface area contributed by atoms with Gasteiger partial charge in [-0.15, -0.1) is 0 Å². The van der Waals surface area contributed by atoms with Crippen molar-refractivity contribution >= 4 is 23.4 Å². The van der Waals surface area contributed by atoms with Gasteiger partial charge in [-0.05, 0) is 43.0 Å². The number of halogens is 1. The molecule has 2 rings (SSSR count). The van der Waals surface area contributed by atoms with E-state index in [2.05, 4.69) is 0 Å². The molecule has 0 radical (unpaired) electrons. The maximum Gasteiger partial charge on any atom is 0.260 e. The Balaban J connectivity index is 1.91. The Kier molecular flexibility index (Phi) is 5.66. The van der Waals surface area contributed by atoms with Gasteiger partial charge >= 0.3 is 0 Å². The van der Waals surface area contributed by atoms with E-state index in [0.29, 0.717) is 23.9 Å². The predicted molar refractivity (Wildman–Crippen MR) is 84.8 cm³/mol. The smallest absolute Gasteiger partial charge is 0.260 e. The van der Waals surface area contributed by atoms with Crippen molar-refractivity contribution in [2.45, 2.75) is 26.2 Å². The van der Waals surface area contributed by atoms with E-state index in [4.69, 9.17) is 22.1 Å². The Morgan fingerprint density at radius 1 is 1.45 bits per heavy atom. The molecule has 22 heavy (non-hydrogen) atoms. The molecule has 0 aliphatic carbocycles. The standard InChI is InChI=1S/C16H21ClN2O3/c1-2-11-8-13(5-6-14(11)17)22-10-15(20)19-7-3-4-12(9-19)16(18)21/h5-6,8,12H,2-4,7,9-10H2,1H3,(H2,18,21). The molecule has 1 atom stereocenters. The minimum Gasteiger partial charge on any atom is -0.484 e. The molecule has 0 saturated carbocycles. The second kappa shape index (κ2) is 7.49. The SMILES string of the molecule is CCc1cc(OCC(=O)N2CCCC(C(N)=O)C2)ccc1Cl. The van der Waals surface area contributed by atoms with Crippen molar-refractivity contribution < 1.29 is 14.3 Å². The minimum absolute atomic E-state index is 0.0454. The molecule has 1 aromatic carbocycles. The van der Waals surface area contributed by atoms with E-state index >= 15 is 0 Å². The van der Waals surface area contributed by atoms with Crippen molar-refractivity contribution in [3.05, 3.63) is 28.8 Å². The van der Waals surface area contributed by atoms with Crippen LogP contribution in [0.3, 0.4) is 0 Å². The van der Waals surface area contributed by atoms with Crippen molar-refractivity contribution in [3.8, 4) is 5.75 Å². The van der Waals surface area contributed by atoms with Crippen LogP contribution in [0.2, 0.25) is 5.02 Å². The number of hydrogen-bond donors (Lipinski definition) is 1. The van der Waals surface area contributed by atoms with Gasteiger partial charge in [0.1, 0.15) is 5.75 Å².